The summed E-state index contributed by atoms with van der Waals surface area (Å²) in [6, 6.07) is 0. The molecule has 0 heterocycles. The smallest absolute Gasteiger partial charge is 0.418 e. The first-order valence-electron chi connectivity index (χ1n) is 33.0. The summed E-state index contributed by atoms with van der Waals surface area (Å²) in [7, 11) is -6.00. The van der Waals surface area contributed by atoms with Crippen molar-refractivity contribution < 1.29 is 21.7 Å². The summed E-state index contributed by atoms with van der Waals surface area (Å²) in [6.07, 6.45) is 82.7. The number of rotatable bonds is 60. The van der Waals surface area contributed by atoms with Gasteiger partial charge in [0.05, 0.1) is 26.2 Å². The Morgan fingerprint density at radius 2 is 0.257 bits per heavy atom. The second-order valence-electron chi connectivity index (χ2n) is 23.1. The summed E-state index contributed by atoms with van der Waals surface area (Å²) in [5.41, 5.74) is 0. The molecule has 0 aliphatic heterocycles. The summed E-state index contributed by atoms with van der Waals surface area (Å²) in [4.78, 5) is 0. The van der Waals surface area contributed by atoms with Gasteiger partial charge in [0.25, 0.3) is 0 Å². The normalized spacial score (nSPS) is 12.0. The molecule has 0 radical (unpaired) electrons. The minimum absolute atomic E-state index is 1.37. The predicted molar refractivity (Wildman–Crippen MR) is 311 cm³/mol. The molecule has 0 spiro atoms. The summed E-state index contributed by atoms with van der Waals surface area (Å²) >= 11 is 0. The Hall–Kier alpha value is -0.255. The molecule has 0 saturated carbocycles. The highest BCUT2D eigenvalue weighted by Gasteiger charge is 2.26. The zero-order valence-electron chi connectivity index (χ0n) is 49.0. The molecule has 0 aliphatic rings. The van der Waals surface area contributed by atoms with Crippen LogP contribution in [-0.2, 0) is 0 Å². The van der Waals surface area contributed by atoms with Crippen molar-refractivity contribution in [1.29, 1.82) is 0 Å². The lowest BCUT2D eigenvalue weighted by atomic mass is 10.0. The maximum absolute atomic E-state index is 9.75. The Morgan fingerprint density at radius 3 is 0.357 bits per heavy atom. The summed E-state index contributed by atoms with van der Waals surface area (Å²) in [6.45, 7) is 15.3. The van der Waals surface area contributed by atoms with Crippen LogP contribution in [0.15, 0.2) is 0 Å². The first-order valence-corrected chi connectivity index (χ1v) is 33.0. The number of hydrogen-bond acceptors (Lipinski definition) is 0. The van der Waals surface area contributed by atoms with Gasteiger partial charge in [0, 0.05) is 0 Å². The van der Waals surface area contributed by atoms with Gasteiger partial charge in [-0.05, 0) is 51.4 Å². The van der Waals surface area contributed by atoms with Crippen LogP contribution in [-0.4, -0.2) is 37.9 Å². The fourth-order valence-electron chi connectivity index (χ4n) is 11.2. The van der Waals surface area contributed by atoms with E-state index >= 15 is 0 Å². The van der Waals surface area contributed by atoms with Crippen LogP contribution in [0.25, 0.3) is 0 Å². The molecule has 0 unspecified atom stereocenters. The maximum Gasteiger partial charge on any atom is 0.673 e. The van der Waals surface area contributed by atoms with E-state index in [-0.39, 0.29) is 0 Å². The van der Waals surface area contributed by atoms with Crippen LogP contribution in [0.3, 0.4) is 0 Å². The Morgan fingerprint density at radius 1 is 0.171 bits per heavy atom. The number of halogens is 4. The molecule has 0 aliphatic carbocycles. The molecule has 0 aromatic rings. The standard InChI is InChI=1S/C64H132N.BF4/c1-5-9-13-17-21-25-29-33-37-41-45-49-53-57-61-65(62-58-54-50-46-42-38-34-30-26-22-18-14-10-6-2,63-59-55-51-47-43-39-35-31-27-23-19-15-11-7-3)64-60-56-52-48-44-40-36-32-28-24-20-16-12-8-4;2-1(3,4)5/h5-64H2,1-4H3;/q+1;-1. The SMILES string of the molecule is CCCCCCCCCCCCCCCC[N+](CCCCCCCCCCCCCCCC)(CCCCCCCCCCCCCCCC)CCCCCCCCCCCCCCCC.F[B-](F)(F)F. The lowest BCUT2D eigenvalue weighted by Gasteiger charge is -2.40. The van der Waals surface area contributed by atoms with Crippen molar-refractivity contribution in [2.24, 2.45) is 0 Å². The largest absolute Gasteiger partial charge is 0.673 e. The van der Waals surface area contributed by atoms with E-state index in [2.05, 4.69) is 27.7 Å². The van der Waals surface area contributed by atoms with Gasteiger partial charge >= 0.3 is 7.25 Å². The summed E-state index contributed by atoms with van der Waals surface area (Å²) in [5.74, 6) is 0. The third-order valence-electron chi connectivity index (χ3n) is 15.9. The molecule has 1 nitrogen and oxygen atoms in total. The Bertz CT molecular complexity index is 774. The van der Waals surface area contributed by atoms with Gasteiger partial charge in [0.1, 0.15) is 0 Å². The molecule has 0 amide bonds. The van der Waals surface area contributed by atoms with Crippen LogP contribution in [0, 0.1) is 0 Å². The van der Waals surface area contributed by atoms with Crippen molar-refractivity contribution in [2.75, 3.05) is 26.2 Å². The summed E-state index contributed by atoms with van der Waals surface area (Å²) < 4.78 is 40.5. The van der Waals surface area contributed by atoms with Crippen molar-refractivity contribution in [3.05, 3.63) is 0 Å². The quantitative estimate of drug-likeness (QED) is 0.0247. The van der Waals surface area contributed by atoms with E-state index in [1.54, 1.807) is 0 Å². The van der Waals surface area contributed by atoms with Gasteiger partial charge in [0.2, 0.25) is 0 Å². The van der Waals surface area contributed by atoms with Gasteiger partial charge in [0.15, 0.2) is 0 Å². The van der Waals surface area contributed by atoms with Crippen molar-refractivity contribution in [3.63, 3.8) is 0 Å². The average Bonchev–Trinajstić information content (AvgIpc) is 3.33. The number of quaternary nitrogens is 1. The molecule has 0 aromatic carbocycles. The van der Waals surface area contributed by atoms with Gasteiger partial charge in [-0.25, -0.2) is 0 Å². The van der Waals surface area contributed by atoms with Crippen molar-refractivity contribution in [1.82, 2.24) is 0 Å². The van der Waals surface area contributed by atoms with Gasteiger partial charge in [-0.1, -0.05) is 336 Å². The topological polar surface area (TPSA) is 0 Å². The highest BCUT2D eigenvalue weighted by Crippen LogP contribution is 2.23. The third kappa shape index (κ3) is 65.8. The van der Waals surface area contributed by atoms with Crippen molar-refractivity contribution >= 4 is 7.25 Å². The number of nitrogens with zero attached hydrogens (tertiary/aromatic N) is 1. The zero-order chi connectivity index (χ0) is 51.4. The molecule has 0 bridgehead atoms. The van der Waals surface area contributed by atoms with E-state index in [9.17, 15) is 17.3 Å². The minimum atomic E-state index is -6.00. The minimum Gasteiger partial charge on any atom is -0.418 e. The molecule has 0 atom stereocenters. The van der Waals surface area contributed by atoms with Crippen LogP contribution in [0.2, 0.25) is 0 Å². The average molecular weight is 1000 g/mol. The van der Waals surface area contributed by atoms with Crippen LogP contribution < -0.4 is 0 Å². The lowest BCUT2D eigenvalue weighted by molar-refractivity contribution is -0.929. The van der Waals surface area contributed by atoms with Gasteiger partial charge < -0.3 is 21.7 Å². The second kappa shape index (κ2) is 61.3. The van der Waals surface area contributed by atoms with E-state index in [0.717, 1.165) is 0 Å². The fraction of sp³-hybridized carbons (Fsp3) is 1.00. The molecular formula is C64H132BF4N. The second-order valence-corrected chi connectivity index (χ2v) is 23.1. The zero-order valence-corrected chi connectivity index (χ0v) is 49.0. The van der Waals surface area contributed by atoms with E-state index in [1.165, 1.54) is 390 Å². The highest BCUT2D eigenvalue weighted by molar-refractivity contribution is 6.50. The molecule has 6 heteroatoms. The molecule has 0 rings (SSSR count). The Labute approximate surface area is 440 Å². The molecule has 424 valence electrons. The van der Waals surface area contributed by atoms with Gasteiger partial charge in [-0.2, -0.15) is 0 Å². The van der Waals surface area contributed by atoms with Crippen LogP contribution in [0.1, 0.15) is 387 Å². The molecule has 0 N–H and O–H groups in total. The van der Waals surface area contributed by atoms with Crippen LogP contribution in [0.5, 0.6) is 0 Å². The fourth-order valence-corrected chi connectivity index (χ4v) is 11.2. The molecular weight excluding hydrogens is 870 g/mol. The molecule has 0 saturated heterocycles. The molecule has 0 fully saturated rings. The maximum atomic E-state index is 9.75. The highest BCUT2D eigenvalue weighted by atomic mass is 19.5. The first kappa shape index (κ1) is 71.8. The number of hydrogen-bond donors (Lipinski definition) is 0. The van der Waals surface area contributed by atoms with E-state index in [0.29, 0.717) is 0 Å². The predicted octanol–water partition coefficient (Wildman–Crippen LogP) is 25.0. The van der Waals surface area contributed by atoms with Crippen molar-refractivity contribution in [2.45, 2.75) is 387 Å². The summed E-state index contributed by atoms with van der Waals surface area (Å²) in [5, 5.41) is 0. The van der Waals surface area contributed by atoms with Crippen LogP contribution in [0.4, 0.5) is 17.3 Å². The van der Waals surface area contributed by atoms with E-state index in [1.807, 2.05) is 0 Å². The van der Waals surface area contributed by atoms with E-state index < -0.39 is 7.25 Å². The first-order chi connectivity index (χ1) is 34.2. The molecule has 70 heavy (non-hydrogen) atoms. The van der Waals surface area contributed by atoms with Crippen molar-refractivity contribution in [3.8, 4) is 0 Å². The third-order valence-corrected chi connectivity index (χ3v) is 15.9. The Kier molecular flexibility index (Phi) is 62.9. The van der Waals surface area contributed by atoms with Gasteiger partial charge in [-0.15, -0.1) is 0 Å². The van der Waals surface area contributed by atoms with Gasteiger partial charge in [-0.3, -0.25) is 0 Å². The Balaban J connectivity index is 0. The monoisotopic (exact) mass is 1000 g/mol. The van der Waals surface area contributed by atoms with Crippen LogP contribution >= 0.6 is 0 Å². The van der Waals surface area contributed by atoms with E-state index in [4.69, 9.17) is 0 Å². The molecule has 0 aromatic heterocycles. The number of unbranched alkanes of at least 4 members (excludes halogenated alkanes) is 52. The lowest BCUT2D eigenvalue weighted by Crippen LogP contribution is -2.50.